The van der Waals surface area contributed by atoms with E-state index < -0.39 is 0 Å². The van der Waals surface area contributed by atoms with E-state index in [2.05, 4.69) is 11.9 Å². The van der Waals surface area contributed by atoms with Gasteiger partial charge in [-0.15, -0.1) is 0 Å². The van der Waals surface area contributed by atoms with Crippen LogP contribution in [0.1, 0.15) is 19.0 Å². The van der Waals surface area contributed by atoms with E-state index in [-0.39, 0.29) is 0 Å². The average Bonchev–Trinajstić information content (AvgIpc) is 2.76. The summed E-state index contributed by atoms with van der Waals surface area (Å²) >= 11 is 1.40. The van der Waals surface area contributed by atoms with Crippen LogP contribution in [-0.2, 0) is 0 Å². The number of para-hydroxylation sites is 1. The van der Waals surface area contributed by atoms with Crippen molar-refractivity contribution in [3.8, 4) is 5.75 Å². The molecule has 0 amide bonds. The van der Waals surface area contributed by atoms with E-state index in [0.717, 1.165) is 17.0 Å². The van der Waals surface area contributed by atoms with Crippen LogP contribution in [0.15, 0.2) is 39.0 Å². The van der Waals surface area contributed by atoms with Gasteiger partial charge >= 0.3 is 0 Å². The summed E-state index contributed by atoms with van der Waals surface area (Å²) < 4.78 is 10.9. The Morgan fingerprint density at radius 1 is 1.44 bits per heavy atom. The minimum Gasteiger partial charge on any atom is -0.491 e. The molecule has 0 fully saturated rings. The summed E-state index contributed by atoms with van der Waals surface area (Å²) in [6.07, 6.45) is 2.58. The predicted molar refractivity (Wildman–Crippen MR) is 72.0 cm³/mol. The summed E-state index contributed by atoms with van der Waals surface area (Å²) in [6, 6.07) is 5.72. The van der Waals surface area contributed by atoms with Crippen molar-refractivity contribution in [2.75, 3.05) is 12.3 Å². The molecule has 2 rings (SSSR count). The molecule has 2 aromatic rings. The Hall–Kier alpha value is -1.62. The van der Waals surface area contributed by atoms with Crippen LogP contribution in [0.5, 0.6) is 5.75 Å². The number of nitrogens with two attached hydrogens (primary N) is 1. The summed E-state index contributed by atoms with van der Waals surface area (Å²) in [6.45, 7) is 4.61. The summed E-state index contributed by atoms with van der Waals surface area (Å²) in [5.41, 5.74) is 7.55. The molecule has 0 radical (unpaired) electrons. The molecule has 0 unspecified atom stereocenters. The molecule has 5 heteroatoms. The molecule has 0 spiro atoms. The van der Waals surface area contributed by atoms with Crippen molar-refractivity contribution < 1.29 is 9.15 Å². The molecule has 0 aliphatic heterocycles. The zero-order valence-corrected chi connectivity index (χ0v) is 11.3. The monoisotopic (exact) mass is 264 g/mol. The smallest absolute Gasteiger partial charge is 0.260 e. The van der Waals surface area contributed by atoms with Gasteiger partial charge in [0, 0.05) is 4.90 Å². The highest BCUT2D eigenvalue weighted by atomic mass is 32.2. The molecule has 1 heterocycles. The minimum atomic E-state index is 0.590. The summed E-state index contributed by atoms with van der Waals surface area (Å²) in [7, 11) is 0. The number of rotatable bonds is 5. The number of ether oxygens (including phenoxy) is 1. The molecule has 96 valence electrons. The van der Waals surface area contributed by atoms with Gasteiger partial charge in [0.05, 0.1) is 18.0 Å². The van der Waals surface area contributed by atoms with Crippen molar-refractivity contribution in [1.29, 1.82) is 0 Å². The zero-order valence-electron chi connectivity index (χ0n) is 10.5. The Morgan fingerprint density at radius 2 is 2.28 bits per heavy atom. The third kappa shape index (κ3) is 2.98. The molecule has 18 heavy (non-hydrogen) atoms. The Kier molecular flexibility index (Phi) is 4.15. The van der Waals surface area contributed by atoms with Crippen LogP contribution in [0, 0.1) is 6.92 Å². The van der Waals surface area contributed by atoms with Crippen LogP contribution in [0.3, 0.4) is 0 Å². The van der Waals surface area contributed by atoms with Crippen LogP contribution < -0.4 is 10.5 Å². The first kappa shape index (κ1) is 12.8. The van der Waals surface area contributed by atoms with E-state index in [4.69, 9.17) is 14.9 Å². The van der Waals surface area contributed by atoms with Crippen molar-refractivity contribution in [2.24, 2.45) is 0 Å². The van der Waals surface area contributed by atoms with E-state index in [1.54, 1.807) is 6.26 Å². The molecule has 0 aliphatic rings. The molecule has 0 bridgehead atoms. The lowest BCUT2D eigenvalue weighted by Crippen LogP contribution is -1.99. The number of hydrogen-bond donors (Lipinski definition) is 1. The van der Waals surface area contributed by atoms with Crippen molar-refractivity contribution >= 4 is 17.4 Å². The maximum atomic E-state index is 6.06. The fraction of sp³-hybridized carbons (Fsp3) is 0.308. The van der Waals surface area contributed by atoms with Crippen molar-refractivity contribution in [1.82, 2.24) is 4.98 Å². The minimum absolute atomic E-state index is 0.590. The fourth-order valence-corrected chi connectivity index (χ4v) is 2.26. The topological polar surface area (TPSA) is 61.3 Å². The molecule has 0 aliphatic carbocycles. The number of aromatic nitrogens is 1. The molecule has 1 aromatic heterocycles. The van der Waals surface area contributed by atoms with Gasteiger partial charge in [0.2, 0.25) is 0 Å². The van der Waals surface area contributed by atoms with Gasteiger partial charge in [0.1, 0.15) is 12.0 Å². The lowest BCUT2D eigenvalue weighted by atomic mass is 10.3. The molecular weight excluding hydrogens is 248 g/mol. The molecule has 4 nitrogen and oxygen atoms in total. The molecular formula is C13H16N2O2S. The van der Waals surface area contributed by atoms with E-state index in [1.165, 1.54) is 11.8 Å². The maximum absolute atomic E-state index is 6.06. The van der Waals surface area contributed by atoms with Gasteiger partial charge in [-0.05, 0) is 37.2 Å². The molecule has 0 atom stereocenters. The molecule has 0 saturated carbocycles. The predicted octanol–water partition coefficient (Wildman–Crippen LogP) is 3.51. The largest absolute Gasteiger partial charge is 0.491 e. The van der Waals surface area contributed by atoms with Crippen LogP contribution >= 0.6 is 11.8 Å². The Labute approximate surface area is 111 Å². The highest BCUT2D eigenvalue weighted by molar-refractivity contribution is 7.99. The van der Waals surface area contributed by atoms with Crippen molar-refractivity contribution in [3.05, 3.63) is 30.2 Å². The first-order chi connectivity index (χ1) is 8.70. The van der Waals surface area contributed by atoms with Crippen LogP contribution in [0.25, 0.3) is 0 Å². The van der Waals surface area contributed by atoms with Crippen molar-refractivity contribution in [3.63, 3.8) is 0 Å². The first-order valence-electron chi connectivity index (χ1n) is 5.82. The van der Waals surface area contributed by atoms with Crippen LogP contribution in [0.4, 0.5) is 5.69 Å². The SMILES string of the molecule is CCCOc1cccc(Sc2nc(C)co2)c1N. The van der Waals surface area contributed by atoms with E-state index in [9.17, 15) is 0 Å². The third-order valence-corrected chi connectivity index (χ3v) is 3.22. The Balaban J connectivity index is 2.17. The lowest BCUT2D eigenvalue weighted by molar-refractivity contribution is 0.318. The average molecular weight is 264 g/mol. The Morgan fingerprint density at radius 3 is 2.94 bits per heavy atom. The highest BCUT2D eigenvalue weighted by Gasteiger charge is 2.10. The number of hydrogen-bond acceptors (Lipinski definition) is 5. The molecule has 2 N–H and O–H groups in total. The van der Waals surface area contributed by atoms with E-state index in [0.29, 0.717) is 23.3 Å². The van der Waals surface area contributed by atoms with Crippen LogP contribution in [0.2, 0.25) is 0 Å². The van der Waals surface area contributed by atoms with Gasteiger partial charge in [0.15, 0.2) is 0 Å². The second kappa shape index (κ2) is 5.82. The quantitative estimate of drug-likeness (QED) is 0.837. The third-order valence-electron chi connectivity index (χ3n) is 2.28. The molecule has 0 saturated heterocycles. The number of nitrogens with zero attached hydrogens (tertiary/aromatic N) is 1. The van der Waals surface area contributed by atoms with Crippen molar-refractivity contribution in [2.45, 2.75) is 30.4 Å². The number of benzene rings is 1. The maximum Gasteiger partial charge on any atom is 0.260 e. The fourth-order valence-electron chi connectivity index (χ4n) is 1.42. The second-order valence-corrected chi connectivity index (χ2v) is 4.87. The summed E-state index contributed by atoms with van der Waals surface area (Å²) in [5, 5.41) is 0.590. The summed E-state index contributed by atoms with van der Waals surface area (Å²) in [4.78, 5) is 5.13. The number of anilines is 1. The standard InChI is InChI=1S/C13H16N2O2S/c1-3-7-16-10-5-4-6-11(12(10)14)18-13-15-9(2)8-17-13/h4-6,8H,3,7,14H2,1-2H3. The number of aryl methyl sites for hydroxylation is 1. The Bertz CT molecular complexity index is 525. The van der Waals surface area contributed by atoms with E-state index in [1.807, 2.05) is 25.1 Å². The van der Waals surface area contributed by atoms with E-state index >= 15 is 0 Å². The van der Waals surface area contributed by atoms with Gasteiger partial charge in [-0.2, -0.15) is 0 Å². The lowest BCUT2D eigenvalue weighted by Gasteiger charge is -2.10. The molecule has 1 aromatic carbocycles. The zero-order chi connectivity index (χ0) is 13.0. The van der Waals surface area contributed by atoms with Gasteiger partial charge in [-0.1, -0.05) is 13.0 Å². The first-order valence-corrected chi connectivity index (χ1v) is 6.63. The van der Waals surface area contributed by atoms with Gasteiger partial charge in [-0.3, -0.25) is 0 Å². The van der Waals surface area contributed by atoms with Gasteiger partial charge in [0.25, 0.3) is 5.22 Å². The van der Waals surface area contributed by atoms with Gasteiger partial charge < -0.3 is 14.9 Å². The number of oxazole rings is 1. The van der Waals surface area contributed by atoms with Gasteiger partial charge in [-0.25, -0.2) is 4.98 Å². The number of nitrogen functional groups attached to an aromatic ring is 1. The second-order valence-electron chi connectivity index (χ2n) is 3.87. The summed E-state index contributed by atoms with van der Waals surface area (Å²) in [5.74, 6) is 0.713. The highest BCUT2D eigenvalue weighted by Crippen LogP contribution is 2.36. The normalized spacial score (nSPS) is 10.6. The van der Waals surface area contributed by atoms with Crippen LogP contribution in [-0.4, -0.2) is 11.6 Å².